The van der Waals surface area contributed by atoms with Crippen LogP contribution in [-0.4, -0.2) is 16.1 Å². The quantitative estimate of drug-likeness (QED) is 0.885. The smallest absolute Gasteiger partial charge is 0.203 e. The summed E-state index contributed by atoms with van der Waals surface area (Å²) in [7, 11) is 0. The Morgan fingerprint density at radius 1 is 1.32 bits per heavy atom. The number of rotatable bonds is 5. The third-order valence-corrected chi connectivity index (χ3v) is 3.68. The van der Waals surface area contributed by atoms with Gasteiger partial charge >= 0.3 is 0 Å². The summed E-state index contributed by atoms with van der Waals surface area (Å²) in [5.74, 6) is 0.953. The van der Waals surface area contributed by atoms with Gasteiger partial charge in [-0.15, -0.1) is 0 Å². The van der Waals surface area contributed by atoms with E-state index in [0.717, 1.165) is 29.1 Å². The number of anilines is 1. The van der Waals surface area contributed by atoms with Crippen molar-refractivity contribution >= 4 is 21.9 Å². The maximum atomic E-state index is 4.55. The molecule has 0 radical (unpaired) electrons. The van der Waals surface area contributed by atoms with Crippen LogP contribution in [0.3, 0.4) is 0 Å². The Labute approximate surface area is 123 Å². The van der Waals surface area contributed by atoms with E-state index in [4.69, 9.17) is 0 Å². The van der Waals surface area contributed by atoms with Crippen molar-refractivity contribution in [1.29, 1.82) is 0 Å². The molecule has 102 valence electrons. The highest BCUT2D eigenvalue weighted by atomic mass is 79.9. The van der Waals surface area contributed by atoms with E-state index in [1.165, 1.54) is 5.56 Å². The Balaban J connectivity index is 2.27. The van der Waals surface area contributed by atoms with Gasteiger partial charge in [0.15, 0.2) is 0 Å². The number of imidazole rings is 1. The monoisotopic (exact) mass is 321 g/mol. The number of halogens is 1. The average molecular weight is 322 g/mol. The van der Waals surface area contributed by atoms with Crippen LogP contribution in [0.4, 0.5) is 5.95 Å². The van der Waals surface area contributed by atoms with E-state index in [2.05, 4.69) is 75.1 Å². The molecule has 0 amide bonds. The Kier molecular flexibility index (Phi) is 4.64. The first-order chi connectivity index (χ1) is 9.11. The van der Waals surface area contributed by atoms with Gasteiger partial charge in [0.2, 0.25) is 5.95 Å². The van der Waals surface area contributed by atoms with E-state index >= 15 is 0 Å². The SMILES string of the molecule is CCCNc1nc(C)cn1C(C)c1ccc(Br)cc1. The first kappa shape index (κ1) is 14.1. The highest BCUT2D eigenvalue weighted by Crippen LogP contribution is 2.24. The maximum absolute atomic E-state index is 4.55. The molecule has 2 aromatic rings. The molecular formula is C15H20BrN3. The lowest BCUT2D eigenvalue weighted by Gasteiger charge is -2.17. The molecule has 0 fully saturated rings. The zero-order chi connectivity index (χ0) is 13.8. The number of hydrogen-bond donors (Lipinski definition) is 1. The molecule has 1 unspecified atom stereocenters. The van der Waals surface area contributed by atoms with Crippen molar-refractivity contribution in [3.05, 3.63) is 46.2 Å². The summed E-state index contributed by atoms with van der Waals surface area (Å²) in [6, 6.07) is 8.72. The number of aryl methyl sites for hydroxylation is 1. The van der Waals surface area contributed by atoms with E-state index in [9.17, 15) is 0 Å². The van der Waals surface area contributed by atoms with Gasteiger partial charge in [-0.3, -0.25) is 0 Å². The van der Waals surface area contributed by atoms with Crippen molar-refractivity contribution < 1.29 is 0 Å². The average Bonchev–Trinajstić information content (AvgIpc) is 2.77. The summed E-state index contributed by atoms with van der Waals surface area (Å²) < 4.78 is 3.31. The molecule has 1 heterocycles. The van der Waals surface area contributed by atoms with Crippen LogP contribution in [0.25, 0.3) is 0 Å². The molecule has 3 nitrogen and oxygen atoms in total. The first-order valence-corrected chi connectivity index (χ1v) is 7.46. The number of hydrogen-bond acceptors (Lipinski definition) is 2. The van der Waals surface area contributed by atoms with Gasteiger partial charge in [0, 0.05) is 17.2 Å². The summed E-state index contributed by atoms with van der Waals surface area (Å²) in [6.07, 6.45) is 3.20. The third kappa shape index (κ3) is 3.38. The van der Waals surface area contributed by atoms with Crippen LogP contribution in [0.5, 0.6) is 0 Å². The zero-order valence-corrected chi connectivity index (χ0v) is 13.2. The molecule has 0 aliphatic carbocycles. The van der Waals surface area contributed by atoms with E-state index in [1.54, 1.807) is 0 Å². The van der Waals surface area contributed by atoms with Gasteiger partial charge in [-0.2, -0.15) is 0 Å². The first-order valence-electron chi connectivity index (χ1n) is 6.66. The van der Waals surface area contributed by atoms with Crippen LogP contribution < -0.4 is 5.32 Å². The predicted molar refractivity (Wildman–Crippen MR) is 83.7 cm³/mol. The van der Waals surface area contributed by atoms with Crippen LogP contribution in [0.15, 0.2) is 34.9 Å². The van der Waals surface area contributed by atoms with Crippen molar-refractivity contribution in [3.63, 3.8) is 0 Å². The van der Waals surface area contributed by atoms with E-state index < -0.39 is 0 Å². The Bertz CT molecular complexity index is 531. The molecular weight excluding hydrogens is 302 g/mol. The lowest BCUT2D eigenvalue weighted by molar-refractivity contribution is 0.642. The van der Waals surface area contributed by atoms with Crippen molar-refractivity contribution in [2.45, 2.75) is 33.2 Å². The largest absolute Gasteiger partial charge is 0.356 e. The molecule has 0 aliphatic heterocycles. The summed E-state index contributed by atoms with van der Waals surface area (Å²) in [5, 5.41) is 3.39. The highest BCUT2D eigenvalue weighted by Gasteiger charge is 2.13. The molecule has 19 heavy (non-hydrogen) atoms. The summed E-state index contributed by atoms with van der Waals surface area (Å²) >= 11 is 3.47. The highest BCUT2D eigenvalue weighted by molar-refractivity contribution is 9.10. The van der Waals surface area contributed by atoms with Crippen molar-refractivity contribution in [1.82, 2.24) is 9.55 Å². The molecule has 0 aliphatic rings. The van der Waals surface area contributed by atoms with Crippen LogP contribution in [0, 0.1) is 6.92 Å². The number of benzene rings is 1. The van der Waals surface area contributed by atoms with E-state index in [0.29, 0.717) is 0 Å². The van der Waals surface area contributed by atoms with Gasteiger partial charge in [0.25, 0.3) is 0 Å². The molecule has 0 saturated carbocycles. The molecule has 1 aromatic heterocycles. The van der Waals surface area contributed by atoms with Gasteiger partial charge < -0.3 is 9.88 Å². The van der Waals surface area contributed by atoms with Crippen molar-refractivity contribution in [3.8, 4) is 0 Å². The summed E-state index contributed by atoms with van der Waals surface area (Å²) in [5.41, 5.74) is 2.32. The fourth-order valence-corrected chi connectivity index (χ4v) is 2.35. The Morgan fingerprint density at radius 3 is 2.63 bits per heavy atom. The lowest BCUT2D eigenvalue weighted by atomic mass is 10.1. The molecule has 2 rings (SSSR count). The van der Waals surface area contributed by atoms with E-state index in [1.807, 2.05) is 6.92 Å². The Hall–Kier alpha value is -1.29. The minimum absolute atomic E-state index is 0.272. The van der Waals surface area contributed by atoms with Gasteiger partial charge in [-0.05, 0) is 38.0 Å². The predicted octanol–water partition coefficient (Wildman–Crippen LogP) is 4.39. The van der Waals surface area contributed by atoms with Gasteiger partial charge in [0.05, 0.1) is 11.7 Å². The zero-order valence-electron chi connectivity index (χ0n) is 11.7. The second kappa shape index (κ2) is 6.24. The van der Waals surface area contributed by atoms with Crippen molar-refractivity contribution in [2.24, 2.45) is 0 Å². The number of aromatic nitrogens is 2. The summed E-state index contributed by atoms with van der Waals surface area (Å²) in [6.45, 7) is 7.33. The topological polar surface area (TPSA) is 29.9 Å². The maximum Gasteiger partial charge on any atom is 0.203 e. The molecule has 4 heteroatoms. The van der Waals surface area contributed by atoms with Gasteiger partial charge in [0.1, 0.15) is 0 Å². The van der Waals surface area contributed by atoms with E-state index in [-0.39, 0.29) is 6.04 Å². The third-order valence-electron chi connectivity index (χ3n) is 3.16. The normalized spacial score (nSPS) is 12.4. The molecule has 1 atom stereocenters. The van der Waals surface area contributed by atoms with Gasteiger partial charge in [-0.1, -0.05) is 35.0 Å². The minimum atomic E-state index is 0.272. The van der Waals surface area contributed by atoms with Crippen LogP contribution >= 0.6 is 15.9 Å². The number of nitrogens with one attached hydrogen (secondary N) is 1. The van der Waals surface area contributed by atoms with Crippen LogP contribution in [0.1, 0.15) is 37.6 Å². The second-order valence-electron chi connectivity index (χ2n) is 4.77. The molecule has 1 N–H and O–H groups in total. The second-order valence-corrected chi connectivity index (χ2v) is 5.68. The standard InChI is InChI=1S/C15H20BrN3/c1-4-9-17-15-18-11(2)10-19(15)12(3)13-5-7-14(16)8-6-13/h5-8,10,12H,4,9H2,1-3H3,(H,17,18). The fraction of sp³-hybridized carbons (Fsp3) is 0.400. The molecule has 0 saturated heterocycles. The minimum Gasteiger partial charge on any atom is -0.356 e. The summed E-state index contributed by atoms with van der Waals surface area (Å²) in [4.78, 5) is 4.55. The molecule has 0 spiro atoms. The van der Waals surface area contributed by atoms with Crippen molar-refractivity contribution in [2.75, 3.05) is 11.9 Å². The molecule has 1 aromatic carbocycles. The fourth-order valence-electron chi connectivity index (χ4n) is 2.08. The van der Waals surface area contributed by atoms with Crippen LogP contribution in [-0.2, 0) is 0 Å². The number of nitrogens with zero attached hydrogens (tertiary/aromatic N) is 2. The van der Waals surface area contributed by atoms with Gasteiger partial charge in [-0.25, -0.2) is 4.98 Å². The molecule has 0 bridgehead atoms. The van der Waals surface area contributed by atoms with Crippen LogP contribution in [0.2, 0.25) is 0 Å². The Morgan fingerprint density at radius 2 is 2.00 bits per heavy atom. The lowest BCUT2D eigenvalue weighted by Crippen LogP contribution is -2.12.